The third-order valence-electron chi connectivity index (χ3n) is 3.01. The van der Waals surface area contributed by atoms with Crippen LogP contribution in [0.5, 0.6) is 5.75 Å². The van der Waals surface area contributed by atoms with Crippen molar-refractivity contribution in [1.82, 2.24) is 9.97 Å². The highest BCUT2D eigenvalue weighted by molar-refractivity contribution is 6.06. The number of halogens is 2. The van der Waals surface area contributed by atoms with Gasteiger partial charge in [0.1, 0.15) is 6.54 Å². The van der Waals surface area contributed by atoms with Crippen LogP contribution in [-0.4, -0.2) is 34.4 Å². The second-order valence-electron chi connectivity index (χ2n) is 4.60. The molecule has 0 radical (unpaired) electrons. The number of aromatic nitrogens is 2. The van der Waals surface area contributed by atoms with E-state index >= 15 is 0 Å². The van der Waals surface area contributed by atoms with E-state index in [9.17, 15) is 18.4 Å². The summed E-state index contributed by atoms with van der Waals surface area (Å²) >= 11 is 0. The van der Waals surface area contributed by atoms with E-state index < -0.39 is 24.5 Å². The summed E-state index contributed by atoms with van der Waals surface area (Å²) in [5.41, 5.74) is 0.0903. The molecule has 2 aromatic rings. The van der Waals surface area contributed by atoms with Gasteiger partial charge in [-0.1, -0.05) is 12.1 Å². The van der Waals surface area contributed by atoms with E-state index in [1.807, 2.05) is 0 Å². The number of fused-ring (bicyclic) bond motifs is 1. The van der Waals surface area contributed by atoms with Crippen LogP contribution in [0.2, 0.25) is 0 Å². The van der Waals surface area contributed by atoms with Gasteiger partial charge in [0.15, 0.2) is 5.75 Å². The Kier molecular flexibility index (Phi) is 3.61. The van der Waals surface area contributed by atoms with E-state index in [0.29, 0.717) is 4.90 Å². The predicted octanol–water partition coefficient (Wildman–Crippen LogP) is 1.43. The van der Waals surface area contributed by atoms with E-state index in [2.05, 4.69) is 20.0 Å². The van der Waals surface area contributed by atoms with Gasteiger partial charge in [0.25, 0.3) is 0 Å². The summed E-state index contributed by atoms with van der Waals surface area (Å²) in [7, 11) is 0. The van der Waals surface area contributed by atoms with Crippen LogP contribution in [0.15, 0.2) is 42.7 Å². The molecular formula is C14H10F2N4O3. The minimum atomic E-state index is -4.03. The predicted molar refractivity (Wildman–Crippen MR) is 75.0 cm³/mol. The number of nitrogens with zero attached hydrogens (tertiary/aromatic N) is 3. The molecule has 1 aromatic heterocycles. The van der Waals surface area contributed by atoms with Crippen LogP contribution >= 0.6 is 0 Å². The normalized spacial score (nSPS) is 15.6. The molecule has 3 rings (SSSR count). The Morgan fingerprint density at radius 2 is 1.91 bits per heavy atom. The van der Waals surface area contributed by atoms with Gasteiger partial charge in [0.05, 0.1) is 5.69 Å². The fraction of sp³-hybridized carbons (Fsp3) is 0.143. The lowest BCUT2D eigenvalue weighted by atomic mass is 10.2. The number of hydrogen-bond acceptors (Lipinski definition) is 5. The molecule has 0 aliphatic carbocycles. The smallest absolute Gasteiger partial charge is 0.423 e. The minimum Gasteiger partial charge on any atom is -0.423 e. The molecule has 1 aliphatic rings. The van der Waals surface area contributed by atoms with Crippen molar-refractivity contribution in [2.45, 2.75) is 6.11 Å². The topological polar surface area (TPSA) is 84.4 Å². The first kappa shape index (κ1) is 14.8. The van der Waals surface area contributed by atoms with Crippen LogP contribution in [0, 0.1) is 0 Å². The van der Waals surface area contributed by atoms with Gasteiger partial charge in [-0.3, -0.25) is 19.8 Å². The Morgan fingerprint density at radius 3 is 2.65 bits per heavy atom. The molecule has 23 heavy (non-hydrogen) atoms. The Hall–Kier alpha value is -3.10. The molecule has 0 spiro atoms. The van der Waals surface area contributed by atoms with Crippen molar-refractivity contribution in [3.8, 4) is 5.75 Å². The maximum absolute atomic E-state index is 13.6. The Balaban J connectivity index is 1.83. The lowest BCUT2D eigenvalue weighted by Gasteiger charge is -2.32. The van der Waals surface area contributed by atoms with Crippen LogP contribution in [0.25, 0.3) is 0 Å². The van der Waals surface area contributed by atoms with Crippen molar-refractivity contribution in [2.75, 3.05) is 16.8 Å². The first-order valence-corrected chi connectivity index (χ1v) is 6.52. The number of benzene rings is 1. The maximum Gasteiger partial charge on any atom is 0.482 e. The molecular weight excluding hydrogens is 310 g/mol. The third-order valence-corrected chi connectivity index (χ3v) is 3.01. The lowest BCUT2D eigenvalue weighted by Crippen LogP contribution is -2.52. The summed E-state index contributed by atoms with van der Waals surface area (Å²) in [5, 5.41) is 2.33. The number of rotatable bonds is 3. The van der Waals surface area contributed by atoms with Crippen LogP contribution in [0.1, 0.15) is 0 Å². The molecule has 0 saturated carbocycles. The number of carbonyl (C=O) groups is 2. The highest BCUT2D eigenvalue weighted by atomic mass is 19.3. The van der Waals surface area contributed by atoms with Gasteiger partial charge in [-0.25, -0.2) is 9.97 Å². The van der Waals surface area contributed by atoms with E-state index in [0.717, 1.165) is 0 Å². The number of anilines is 2. The van der Waals surface area contributed by atoms with E-state index in [1.165, 1.54) is 30.6 Å². The zero-order chi connectivity index (χ0) is 16.4. The summed E-state index contributed by atoms with van der Waals surface area (Å²) < 4.78 is 31.6. The van der Waals surface area contributed by atoms with Crippen LogP contribution < -0.4 is 15.0 Å². The van der Waals surface area contributed by atoms with Gasteiger partial charge in [-0.15, -0.1) is 0 Å². The molecule has 1 N–H and O–H groups in total. The van der Waals surface area contributed by atoms with E-state index in [4.69, 9.17) is 0 Å². The van der Waals surface area contributed by atoms with Crippen molar-refractivity contribution in [3.05, 3.63) is 42.7 Å². The summed E-state index contributed by atoms with van der Waals surface area (Å²) in [6.45, 7) is -0.618. The Labute approximate surface area is 128 Å². The highest BCUT2D eigenvalue weighted by Crippen LogP contribution is 2.38. The molecule has 0 bridgehead atoms. The number of ether oxygens (including phenoxy) is 1. The fourth-order valence-electron chi connectivity index (χ4n) is 2.04. The van der Waals surface area contributed by atoms with Gasteiger partial charge in [-0.05, 0) is 18.2 Å². The maximum atomic E-state index is 13.6. The fourth-order valence-corrected chi connectivity index (χ4v) is 2.04. The van der Waals surface area contributed by atoms with E-state index in [1.54, 1.807) is 12.1 Å². The Morgan fingerprint density at radius 1 is 1.22 bits per heavy atom. The molecule has 7 nitrogen and oxygen atoms in total. The highest BCUT2D eigenvalue weighted by Gasteiger charge is 2.50. The molecule has 1 aliphatic heterocycles. The monoisotopic (exact) mass is 320 g/mol. The zero-order valence-electron chi connectivity index (χ0n) is 11.6. The first-order chi connectivity index (χ1) is 11.0. The van der Waals surface area contributed by atoms with Gasteiger partial charge in [0, 0.05) is 12.4 Å². The van der Waals surface area contributed by atoms with Crippen molar-refractivity contribution in [1.29, 1.82) is 0 Å². The number of amides is 2. The summed E-state index contributed by atoms with van der Waals surface area (Å²) in [6.07, 6.45) is -1.21. The molecule has 2 heterocycles. The van der Waals surface area contributed by atoms with Crippen molar-refractivity contribution in [3.63, 3.8) is 0 Å². The number of para-hydroxylation sites is 2. The third kappa shape index (κ3) is 2.93. The SMILES string of the molecule is O=C(CN1C(=O)C(F)(F)Oc2ccccc21)Nc1ncccn1. The van der Waals surface area contributed by atoms with E-state index in [-0.39, 0.29) is 17.4 Å². The summed E-state index contributed by atoms with van der Waals surface area (Å²) in [6, 6.07) is 7.29. The second-order valence-corrected chi connectivity index (χ2v) is 4.60. The standard InChI is InChI=1S/C14H10F2N4O3/c15-14(16)12(22)20(9-4-1-2-5-10(9)23-14)8-11(21)19-13-17-6-3-7-18-13/h1-7H,8H2,(H,17,18,19,21). The first-order valence-electron chi connectivity index (χ1n) is 6.52. The number of alkyl halides is 2. The van der Waals surface area contributed by atoms with Crippen LogP contribution in [0.4, 0.5) is 20.4 Å². The molecule has 0 unspecified atom stereocenters. The van der Waals surface area contributed by atoms with Gasteiger partial charge >= 0.3 is 12.0 Å². The molecule has 1 aromatic carbocycles. The number of carbonyl (C=O) groups excluding carboxylic acids is 2. The molecule has 2 amide bonds. The van der Waals surface area contributed by atoms with Gasteiger partial charge < -0.3 is 4.74 Å². The molecule has 9 heteroatoms. The largest absolute Gasteiger partial charge is 0.482 e. The Bertz CT molecular complexity index is 755. The molecule has 118 valence electrons. The van der Waals surface area contributed by atoms with Crippen LogP contribution in [-0.2, 0) is 9.59 Å². The summed E-state index contributed by atoms with van der Waals surface area (Å²) in [4.78, 5) is 32.0. The minimum absolute atomic E-state index is 0.0123. The molecule has 0 saturated heterocycles. The van der Waals surface area contributed by atoms with Crippen molar-refractivity contribution in [2.24, 2.45) is 0 Å². The van der Waals surface area contributed by atoms with Gasteiger partial charge in [0.2, 0.25) is 11.9 Å². The van der Waals surface area contributed by atoms with Crippen molar-refractivity contribution >= 4 is 23.5 Å². The average molecular weight is 320 g/mol. The molecule has 0 atom stereocenters. The van der Waals surface area contributed by atoms with Crippen molar-refractivity contribution < 1.29 is 23.1 Å². The number of hydrogen-bond donors (Lipinski definition) is 1. The lowest BCUT2D eigenvalue weighted by molar-refractivity contribution is -0.192. The van der Waals surface area contributed by atoms with Crippen LogP contribution in [0.3, 0.4) is 0 Å². The number of nitrogens with one attached hydrogen (secondary N) is 1. The molecule has 0 fully saturated rings. The van der Waals surface area contributed by atoms with Gasteiger partial charge in [-0.2, -0.15) is 8.78 Å². The zero-order valence-corrected chi connectivity index (χ0v) is 11.6. The summed E-state index contributed by atoms with van der Waals surface area (Å²) in [5.74, 6) is -2.49. The quantitative estimate of drug-likeness (QED) is 0.925. The second kappa shape index (κ2) is 5.59. The average Bonchev–Trinajstić information content (AvgIpc) is 2.52.